The van der Waals surface area contributed by atoms with E-state index in [1.54, 1.807) is 0 Å². The van der Waals surface area contributed by atoms with Crippen LogP contribution >= 0.6 is 0 Å². The first kappa shape index (κ1) is 35.6. The van der Waals surface area contributed by atoms with Crippen molar-refractivity contribution >= 4 is 44.6 Å². The Labute approximate surface area is 369 Å². The Balaban J connectivity index is 1.02. The van der Waals surface area contributed by atoms with Gasteiger partial charge in [-0.25, -0.2) is 4.98 Å². The third-order valence-corrected chi connectivity index (χ3v) is 12.3. The fourth-order valence-corrected chi connectivity index (χ4v) is 9.15. The molecule has 0 atom stereocenters. The van der Waals surface area contributed by atoms with E-state index in [4.69, 9.17) is 13.8 Å². The van der Waals surface area contributed by atoms with Gasteiger partial charge < -0.3 is 14.5 Å². The van der Waals surface area contributed by atoms with Gasteiger partial charge in [0.2, 0.25) is 0 Å². The topological polar surface area (TPSA) is 33.5 Å². The van der Waals surface area contributed by atoms with E-state index in [0.717, 1.165) is 83.9 Å². The number of rotatable bonds is 8. The molecule has 0 radical (unpaired) electrons. The van der Waals surface area contributed by atoms with E-state index >= 15 is 0 Å². The second-order valence-electron chi connectivity index (χ2n) is 17.8. The number of hydrogen-bond donors (Lipinski definition) is 0. The molecule has 0 N–H and O–H groups in total. The molecule has 2 aromatic heterocycles. The lowest BCUT2D eigenvalue weighted by molar-refractivity contribution is 0.483. The zero-order valence-corrected chi connectivity index (χ0v) is 36.1. The summed E-state index contributed by atoms with van der Waals surface area (Å²) in [5.74, 6) is 2.66. The van der Waals surface area contributed by atoms with Crippen LogP contribution in [0.1, 0.15) is 66.9 Å². The molecule has 0 saturated carbocycles. The maximum atomic E-state index is 8.60. The summed E-state index contributed by atoms with van der Waals surface area (Å²) in [6, 6.07) is 56.6. The molecule has 0 bridgehead atoms. The molecule has 10 rings (SSSR count). The Morgan fingerprint density at radius 1 is 0.613 bits per heavy atom. The third-order valence-electron chi connectivity index (χ3n) is 12.3. The average molecular weight is 812 g/mol. The number of aromatic nitrogens is 2. The van der Waals surface area contributed by atoms with Crippen LogP contribution in [0.25, 0.3) is 49.9 Å². The highest BCUT2D eigenvalue weighted by Gasteiger charge is 2.29. The van der Waals surface area contributed by atoms with Gasteiger partial charge in [-0.2, -0.15) is 0 Å². The van der Waals surface area contributed by atoms with E-state index in [9.17, 15) is 0 Å². The number of benzene rings is 7. The summed E-state index contributed by atoms with van der Waals surface area (Å²) in [4.78, 5) is 9.52. The molecule has 9 aromatic rings. The van der Waals surface area contributed by atoms with Crippen LogP contribution in [0.2, 0.25) is 0 Å². The molecule has 5 heteroatoms. The first-order valence-electron chi connectivity index (χ1n) is 23.0. The van der Waals surface area contributed by atoms with Crippen molar-refractivity contribution in [2.24, 2.45) is 0 Å². The summed E-state index contributed by atoms with van der Waals surface area (Å²) in [7, 11) is 0. The Kier molecular flexibility index (Phi) is 8.86. The van der Waals surface area contributed by atoms with Crippen LogP contribution in [-0.4, -0.2) is 16.2 Å². The van der Waals surface area contributed by atoms with Crippen molar-refractivity contribution in [2.45, 2.75) is 59.7 Å². The van der Waals surface area contributed by atoms with Crippen LogP contribution in [0.4, 0.5) is 22.7 Å². The molecule has 306 valence electrons. The minimum absolute atomic E-state index is 0.193. The molecule has 1 aliphatic heterocycles. The van der Waals surface area contributed by atoms with E-state index in [2.05, 4.69) is 170 Å². The second kappa shape index (κ2) is 15.4. The quantitative estimate of drug-likeness (QED) is 0.153. The average Bonchev–Trinajstić information content (AvgIpc) is 3.84. The summed E-state index contributed by atoms with van der Waals surface area (Å²) in [5, 5.41) is 2.27. The summed E-state index contributed by atoms with van der Waals surface area (Å²) in [6.45, 7) is 11.1. The summed E-state index contributed by atoms with van der Waals surface area (Å²) in [5.41, 5.74) is 13.6. The Morgan fingerprint density at radius 2 is 1.34 bits per heavy atom. The normalized spacial score (nSPS) is 13.7. The molecule has 0 spiro atoms. The van der Waals surface area contributed by atoms with E-state index in [1.807, 2.05) is 55.6 Å². The van der Waals surface area contributed by atoms with Gasteiger partial charge in [0.25, 0.3) is 0 Å². The van der Waals surface area contributed by atoms with Crippen molar-refractivity contribution in [3.63, 3.8) is 0 Å². The maximum absolute atomic E-state index is 8.60. The predicted molar refractivity (Wildman–Crippen MR) is 260 cm³/mol. The number of pyridine rings is 1. The molecule has 0 saturated heterocycles. The Hall–Kier alpha value is -7.11. The standard InChI is InChI=1S/C57H52N4O/c1-37(2)47-20-11-12-21-48(47)40-28-29-58-55(33-40)61-51-23-14-13-22-49(51)50-26-25-46(35-53(50)61)62-45-19-15-18-44(34-45)60-36-59(43-16-9-8-10-17-43)54-32-41(24-27-52(54)60)56-38(3)30-42(31-39(56)4)57(5,6)7/h8-35,37H,36H2,1-7H3/i3D3. The lowest BCUT2D eigenvalue weighted by Gasteiger charge is -2.23. The van der Waals surface area contributed by atoms with Crippen LogP contribution in [-0.2, 0) is 5.41 Å². The van der Waals surface area contributed by atoms with Crippen molar-refractivity contribution in [1.82, 2.24) is 9.55 Å². The third kappa shape index (κ3) is 6.97. The van der Waals surface area contributed by atoms with Gasteiger partial charge in [-0.15, -0.1) is 0 Å². The Bertz CT molecular complexity index is 3250. The zero-order valence-electron chi connectivity index (χ0n) is 39.1. The highest BCUT2D eigenvalue weighted by atomic mass is 16.5. The zero-order chi connectivity index (χ0) is 45.2. The Morgan fingerprint density at radius 3 is 2.16 bits per heavy atom. The first-order chi connectivity index (χ1) is 31.2. The van der Waals surface area contributed by atoms with E-state index in [0.29, 0.717) is 23.9 Å². The monoisotopic (exact) mass is 811 g/mol. The van der Waals surface area contributed by atoms with E-state index in [1.165, 1.54) is 11.1 Å². The predicted octanol–water partition coefficient (Wildman–Crippen LogP) is 15.6. The minimum Gasteiger partial charge on any atom is -0.457 e. The van der Waals surface area contributed by atoms with Crippen LogP contribution in [0.15, 0.2) is 170 Å². The number of nitrogens with zero attached hydrogens (tertiary/aromatic N) is 4. The molecule has 62 heavy (non-hydrogen) atoms. The van der Waals surface area contributed by atoms with Crippen LogP contribution in [0.5, 0.6) is 11.5 Å². The SMILES string of the molecule is [2H]C([2H])([2H])c1cc(C(C)(C)C)cc(C)c1-c1ccc2c(c1)N(c1ccccc1)CN2c1cccc(Oc2ccc3c4ccccc4n(-c4cc(-c5ccccc5C(C)C)ccn4)c3c2)c1. The van der Waals surface area contributed by atoms with Gasteiger partial charge in [0.05, 0.1) is 22.4 Å². The van der Waals surface area contributed by atoms with Crippen LogP contribution < -0.4 is 14.5 Å². The number of anilines is 4. The molecular weight excluding hydrogens is 757 g/mol. The van der Waals surface area contributed by atoms with E-state index in [-0.39, 0.29) is 5.41 Å². The highest BCUT2D eigenvalue weighted by molar-refractivity contribution is 6.09. The fraction of sp³-hybridized carbons (Fsp3) is 0.175. The van der Waals surface area contributed by atoms with Gasteiger partial charge in [-0.05, 0) is 136 Å². The highest BCUT2D eigenvalue weighted by Crippen LogP contribution is 2.48. The fourth-order valence-electron chi connectivity index (χ4n) is 9.15. The van der Waals surface area contributed by atoms with Crippen molar-refractivity contribution in [3.8, 4) is 39.6 Å². The summed E-state index contributed by atoms with van der Waals surface area (Å²) < 4.78 is 34.8. The number of aryl methyl sites for hydroxylation is 2. The summed E-state index contributed by atoms with van der Waals surface area (Å²) >= 11 is 0. The lowest BCUT2D eigenvalue weighted by atomic mass is 9.82. The molecule has 7 aromatic carbocycles. The first-order valence-corrected chi connectivity index (χ1v) is 21.5. The van der Waals surface area contributed by atoms with E-state index < -0.39 is 6.85 Å². The van der Waals surface area contributed by atoms with Gasteiger partial charge in [0.15, 0.2) is 0 Å². The molecule has 0 aliphatic carbocycles. The second-order valence-corrected chi connectivity index (χ2v) is 17.8. The molecule has 5 nitrogen and oxygen atoms in total. The minimum atomic E-state index is -2.28. The number of ether oxygens (including phenoxy) is 1. The molecule has 0 fully saturated rings. The van der Waals surface area contributed by atoms with Gasteiger partial charge in [-0.1, -0.05) is 120 Å². The van der Waals surface area contributed by atoms with Gasteiger partial charge in [0.1, 0.15) is 24.0 Å². The smallest absolute Gasteiger partial charge is 0.138 e. The van der Waals surface area contributed by atoms with Crippen molar-refractivity contribution in [1.29, 1.82) is 0 Å². The van der Waals surface area contributed by atoms with Crippen molar-refractivity contribution < 1.29 is 8.85 Å². The number of hydrogen-bond acceptors (Lipinski definition) is 4. The van der Waals surface area contributed by atoms with Crippen molar-refractivity contribution in [2.75, 3.05) is 16.5 Å². The molecule has 3 heterocycles. The molecular formula is C57H52N4O. The van der Waals surface area contributed by atoms with Crippen LogP contribution in [0.3, 0.4) is 0 Å². The number of para-hydroxylation sites is 2. The molecule has 1 aliphatic rings. The lowest BCUT2D eigenvalue weighted by Crippen LogP contribution is -2.23. The van der Waals surface area contributed by atoms with Gasteiger partial charge in [0, 0.05) is 44.6 Å². The van der Waals surface area contributed by atoms with Crippen molar-refractivity contribution in [3.05, 3.63) is 192 Å². The molecule has 0 unspecified atom stereocenters. The van der Waals surface area contributed by atoms with Gasteiger partial charge >= 0.3 is 0 Å². The maximum Gasteiger partial charge on any atom is 0.138 e. The largest absolute Gasteiger partial charge is 0.457 e. The number of fused-ring (bicyclic) bond motifs is 4. The molecule has 0 amide bonds. The van der Waals surface area contributed by atoms with Crippen LogP contribution in [0, 0.1) is 13.8 Å². The summed E-state index contributed by atoms with van der Waals surface area (Å²) in [6.07, 6.45) is 1.91. The van der Waals surface area contributed by atoms with Gasteiger partial charge in [-0.3, -0.25) is 4.57 Å².